The zero-order valence-electron chi connectivity index (χ0n) is 18.9. The minimum atomic E-state index is -3.61. The van der Waals surface area contributed by atoms with Crippen LogP contribution in [0.25, 0.3) is 0 Å². The van der Waals surface area contributed by atoms with Gasteiger partial charge in [0.05, 0.1) is 51.8 Å². The van der Waals surface area contributed by atoms with Gasteiger partial charge in [0.1, 0.15) is 5.29 Å². The maximum absolute atomic E-state index is 13.2. The number of nitrogens with zero attached hydrogens (tertiary/aromatic N) is 2. The van der Waals surface area contributed by atoms with Crippen LogP contribution in [0.4, 0.5) is 11.4 Å². The molecule has 11 heteroatoms. The largest absolute Gasteiger partial charge is 0.467 e. The van der Waals surface area contributed by atoms with Gasteiger partial charge in [-0.25, -0.2) is 9.59 Å². The summed E-state index contributed by atoms with van der Waals surface area (Å²) in [4.78, 5) is 45.0. The Morgan fingerprint density at radius 1 is 1.03 bits per heavy atom. The van der Waals surface area contributed by atoms with Crippen molar-refractivity contribution < 1.29 is 37.4 Å². The Kier molecular flexibility index (Phi) is 9.59. The molecule has 0 bridgehead atoms. The summed E-state index contributed by atoms with van der Waals surface area (Å²) in [6.07, 6.45) is 1.35. The van der Waals surface area contributed by atoms with Crippen LogP contribution in [0.15, 0.2) is 29.3 Å². The number of esters is 2. The van der Waals surface area contributed by atoms with Crippen molar-refractivity contribution in [3.63, 3.8) is 0 Å². The van der Waals surface area contributed by atoms with Crippen LogP contribution < -0.4 is 4.90 Å². The maximum atomic E-state index is 13.2. The summed E-state index contributed by atoms with van der Waals surface area (Å²) >= 11 is 0. The van der Waals surface area contributed by atoms with E-state index in [1.165, 1.54) is 11.1 Å². The summed E-state index contributed by atoms with van der Waals surface area (Å²) in [6.45, 7) is 5.47. The van der Waals surface area contributed by atoms with Crippen LogP contribution in [0.3, 0.4) is 0 Å². The first-order valence-electron chi connectivity index (χ1n) is 10.2. The number of carbonyl (C=O) groups excluding carboxylic acids is 3. The number of benzene rings is 1. The number of carbonyl (C=O) groups is 3. The molecule has 10 nitrogen and oxygen atoms in total. The summed E-state index contributed by atoms with van der Waals surface area (Å²) in [5.41, 5.74) is 0.773. The molecule has 0 spiro atoms. The van der Waals surface area contributed by atoms with Crippen molar-refractivity contribution >= 4 is 48.3 Å². The molecule has 1 aliphatic heterocycles. The Hall–Kier alpha value is -2.52. The molecule has 1 unspecified atom stereocenters. The number of hydrogen-bond donors (Lipinski definition) is 0. The lowest BCUT2D eigenvalue weighted by Crippen LogP contribution is -2.53. The van der Waals surface area contributed by atoms with Gasteiger partial charge in [-0.3, -0.25) is 14.7 Å². The van der Waals surface area contributed by atoms with Crippen LogP contribution in [0.5, 0.6) is 0 Å². The van der Waals surface area contributed by atoms with Gasteiger partial charge >= 0.3 is 11.9 Å². The number of rotatable bonds is 10. The second-order valence-electron chi connectivity index (χ2n) is 6.32. The molecule has 0 radical (unpaired) electrons. The highest BCUT2D eigenvalue weighted by atomic mass is 31.2. The normalized spacial score (nSPS) is 14.4. The molecule has 2 rings (SSSR count). The standard InChI is InChI=1S/C21H29N2O8P/c1-6-29-32(30-7-2,31-8-3)19(21(26)28-5)18(20(25)27-4)23-16-12-10-9-11-15(16)22-14-13-17(23)24/h9-12,14,18H,6-8,13H2,1-5H3. The minimum Gasteiger partial charge on any atom is -0.467 e. The summed E-state index contributed by atoms with van der Waals surface area (Å²) < 4.78 is 27.6. The molecule has 0 aliphatic carbocycles. The van der Waals surface area contributed by atoms with E-state index in [0.717, 1.165) is 14.2 Å². The zero-order valence-corrected chi connectivity index (χ0v) is 19.8. The van der Waals surface area contributed by atoms with E-state index in [9.17, 15) is 14.4 Å². The fourth-order valence-electron chi connectivity index (χ4n) is 3.27. The monoisotopic (exact) mass is 468 g/mol. The van der Waals surface area contributed by atoms with E-state index in [1.807, 2.05) is 0 Å². The predicted molar refractivity (Wildman–Crippen MR) is 121 cm³/mol. The van der Waals surface area contributed by atoms with Gasteiger partial charge < -0.3 is 23.0 Å². The SMILES string of the molecule is CCOP(OCC)(OCC)=C(C(=O)OC)C(C(=O)OC)N1C(=O)CC=Nc2ccccc21. The Labute approximate surface area is 187 Å². The predicted octanol–water partition coefficient (Wildman–Crippen LogP) is 2.88. The van der Waals surface area contributed by atoms with Crippen molar-refractivity contribution in [2.45, 2.75) is 33.2 Å². The van der Waals surface area contributed by atoms with Gasteiger partial charge in [-0.1, -0.05) is 12.1 Å². The number of anilines is 1. The molecule has 1 aromatic rings. The van der Waals surface area contributed by atoms with Crippen molar-refractivity contribution in [1.29, 1.82) is 0 Å². The third-order valence-corrected chi connectivity index (χ3v) is 7.25. The second-order valence-corrected chi connectivity index (χ2v) is 8.57. The highest BCUT2D eigenvalue weighted by Gasteiger charge is 2.47. The second kappa shape index (κ2) is 11.9. The molecule has 0 saturated heterocycles. The van der Waals surface area contributed by atoms with Gasteiger partial charge in [0, 0.05) is 6.21 Å². The molecule has 0 N–H and O–H groups in total. The van der Waals surface area contributed by atoms with Crippen LogP contribution in [0, 0.1) is 0 Å². The molecule has 0 aromatic heterocycles. The van der Waals surface area contributed by atoms with E-state index in [2.05, 4.69) is 4.99 Å². The molecule has 0 fully saturated rings. The third kappa shape index (κ3) is 5.27. The Morgan fingerprint density at radius 3 is 2.16 bits per heavy atom. The molecular weight excluding hydrogens is 439 g/mol. The number of aliphatic imine (C=N–C) groups is 1. The lowest BCUT2D eigenvalue weighted by Gasteiger charge is -2.35. The maximum Gasteiger partial charge on any atom is 0.343 e. The third-order valence-electron chi connectivity index (χ3n) is 4.43. The van der Waals surface area contributed by atoms with Gasteiger partial charge in [-0.05, 0) is 32.9 Å². The number of para-hydroxylation sites is 2. The molecular formula is C21H29N2O8P. The van der Waals surface area contributed by atoms with Gasteiger partial charge in [0.15, 0.2) is 6.04 Å². The van der Waals surface area contributed by atoms with Crippen LogP contribution in [-0.2, 0) is 37.4 Å². The van der Waals surface area contributed by atoms with Crippen molar-refractivity contribution in [2.75, 3.05) is 38.9 Å². The smallest absolute Gasteiger partial charge is 0.343 e. The molecule has 176 valence electrons. The van der Waals surface area contributed by atoms with Crippen molar-refractivity contribution in [3.8, 4) is 0 Å². The first-order chi connectivity index (χ1) is 15.4. The minimum absolute atomic E-state index is 0.0972. The lowest BCUT2D eigenvalue weighted by molar-refractivity contribution is -0.142. The average Bonchev–Trinajstić information content (AvgIpc) is 2.95. The highest BCUT2D eigenvalue weighted by molar-refractivity contribution is 7.65. The molecule has 32 heavy (non-hydrogen) atoms. The van der Waals surface area contributed by atoms with E-state index in [0.29, 0.717) is 11.4 Å². The Morgan fingerprint density at radius 2 is 1.62 bits per heavy atom. The summed E-state index contributed by atoms with van der Waals surface area (Å²) in [5.74, 6) is -2.25. The number of fused-ring (bicyclic) bond motifs is 1. The van der Waals surface area contributed by atoms with Gasteiger partial charge in [-0.15, -0.1) is 0 Å². The summed E-state index contributed by atoms with van der Waals surface area (Å²) in [7, 11) is -1.29. The molecule has 0 saturated carbocycles. The van der Waals surface area contributed by atoms with Crippen LogP contribution in [-0.4, -0.2) is 69.4 Å². The van der Waals surface area contributed by atoms with Gasteiger partial charge in [-0.2, -0.15) is 0 Å². The van der Waals surface area contributed by atoms with E-state index >= 15 is 0 Å². The average molecular weight is 468 g/mol. The lowest BCUT2D eigenvalue weighted by atomic mass is 10.1. The topological polar surface area (TPSA) is 113 Å². The number of ether oxygens (including phenoxy) is 2. The van der Waals surface area contributed by atoms with Crippen molar-refractivity contribution in [2.24, 2.45) is 4.99 Å². The first kappa shape index (κ1) is 25.7. The van der Waals surface area contributed by atoms with Crippen LogP contribution in [0.1, 0.15) is 27.2 Å². The first-order valence-corrected chi connectivity index (χ1v) is 11.7. The number of amides is 1. The van der Waals surface area contributed by atoms with E-state index in [4.69, 9.17) is 23.0 Å². The molecule has 1 amide bonds. The van der Waals surface area contributed by atoms with Crippen LogP contribution >= 0.6 is 7.57 Å². The molecule has 1 heterocycles. The number of methoxy groups -OCH3 is 2. The molecule has 1 aromatic carbocycles. The summed E-state index contributed by atoms with van der Waals surface area (Å²) in [6, 6.07) is 5.21. The zero-order chi connectivity index (χ0) is 23.7. The van der Waals surface area contributed by atoms with Gasteiger partial charge in [0.2, 0.25) is 5.91 Å². The van der Waals surface area contributed by atoms with Crippen molar-refractivity contribution in [1.82, 2.24) is 0 Å². The Bertz CT molecular complexity index is 906. The quantitative estimate of drug-likeness (QED) is 0.381. The summed E-state index contributed by atoms with van der Waals surface area (Å²) in [5, 5.41) is -0.262. The van der Waals surface area contributed by atoms with Gasteiger partial charge in [0.25, 0.3) is 7.57 Å². The van der Waals surface area contributed by atoms with E-state index in [1.54, 1.807) is 45.0 Å². The van der Waals surface area contributed by atoms with Crippen molar-refractivity contribution in [3.05, 3.63) is 24.3 Å². The Balaban J connectivity index is 2.95. The molecule has 1 aliphatic rings. The van der Waals surface area contributed by atoms with E-state index in [-0.39, 0.29) is 31.5 Å². The van der Waals surface area contributed by atoms with Crippen LogP contribution in [0.2, 0.25) is 0 Å². The van der Waals surface area contributed by atoms with E-state index < -0.39 is 31.5 Å². The fourth-order valence-corrected chi connectivity index (χ4v) is 5.77. The number of hydrogen-bond acceptors (Lipinski definition) is 9. The molecule has 1 atom stereocenters. The fraction of sp³-hybridized carbons (Fsp3) is 0.476. The highest BCUT2D eigenvalue weighted by Crippen LogP contribution is 2.54.